The zero-order valence-corrected chi connectivity index (χ0v) is 37.3. The summed E-state index contributed by atoms with van der Waals surface area (Å²) in [6, 6.07) is 40.1. The van der Waals surface area contributed by atoms with Crippen LogP contribution < -0.4 is 20.4 Å². The standard InChI is InChI=1S/C50H60O4P2/c1-47(2,3)33-27-38-39-28-34(48(4,5)6)30-42(50(10,11)12)46(39)54-56(53-45(38)41(29-33)49(7,8)9)52-43-32-51-31-40(43)37-25-19-20-26-44(37)55(35-21-15-13-16-22-35)36-23-17-14-18-24-36/h13-30,40,43H,31-32H2,1-12H3. The highest BCUT2D eigenvalue weighted by molar-refractivity contribution is 7.79. The van der Waals surface area contributed by atoms with Crippen molar-refractivity contribution in [3.63, 3.8) is 0 Å². The number of hydrogen-bond acceptors (Lipinski definition) is 4. The molecule has 2 atom stereocenters. The van der Waals surface area contributed by atoms with Crippen LogP contribution in [-0.2, 0) is 26.4 Å². The summed E-state index contributed by atoms with van der Waals surface area (Å²) >= 11 is 0. The second-order valence-corrected chi connectivity index (χ2v) is 22.8. The number of ether oxygens (including phenoxy) is 1. The predicted molar refractivity (Wildman–Crippen MR) is 240 cm³/mol. The van der Waals surface area contributed by atoms with Crippen molar-refractivity contribution in [1.29, 1.82) is 0 Å². The Morgan fingerprint density at radius 1 is 0.536 bits per heavy atom. The van der Waals surface area contributed by atoms with Gasteiger partial charge in [-0.15, -0.1) is 0 Å². The molecule has 0 radical (unpaired) electrons. The average Bonchev–Trinajstić information content (AvgIpc) is 3.52. The topological polar surface area (TPSA) is 44.7 Å². The van der Waals surface area contributed by atoms with E-state index in [1.165, 1.54) is 32.6 Å². The van der Waals surface area contributed by atoms with Crippen molar-refractivity contribution in [2.24, 2.45) is 0 Å². The van der Waals surface area contributed by atoms with Gasteiger partial charge in [-0.25, -0.2) is 0 Å². The maximum absolute atomic E-state index is 7.19. The van der Waals surface area contributed by atoms with Crippen molar-refractivity contribution in [2.75, 3.05) is 13.2 Å². The molecule has 4 nitrogen and oxygen atoms in total. The minimum atomic E-state index is -1.89. The summed E-state index contributed by atoms with van der Waals surface area (Å²) in [6.45, 7) is 28.4. The van der Waals surface area contributed by atoms with Crippen LogP contribution in [0, 0.1) is 0 Å². The quantitative estimate of drug-likeness (QED) is 0.158. The average molecular weight is 787 g/mol. The minimum Gasteiger partial charge on any atom is -0.399 e. The summed E-state index contributed by atoms with van der Waals surface area (Å²) in [5, 5.41) is 6.11. The highest BCUT2D eigenvalue weighted by atomic mass is 31.1. The molecule has 0 saturated carbocycles. The Morgan fingerprint density at radius 2 is 0.982 bits per heavy atom. The van der Waals surface area contributed by atoms with E-state index in [1.54, 1.807) is 0 Å². The van der Waals surface area contributed by atoms with Crippen LogP contribution in [0.5, 0.6) is 0 Å². The van der Waals surface area contributed by atoms with Gasteiger partial charge in [0.2, 0.25) is 0 Å². The molecule has 1 aliphatic rings. The van der Waals surface area contributed by atoms with Gasteiger partial charge in [0.05, 0.1) is 13.2 Å². The molecule has 2 unspecified atom stereocenters. The maximum atomic E-state index is 7.19. The number of benzene rings is 5. The first-order chi connectivity index (χ1) is 26.3. The number of hydrogen-bond donors (Lipinski definition) is 0. The smallest absolute Gasteiger partial charge is 0.387 e. The Balaban J connectivity index is 1.46. The molecule has 6 aromatic rings. The molecule has 6 heteroatoms. The van der Waals surface area contributed by atoms with Crippen molar-refractivity contribution >= 4 is 54.0 Å². The first-order valence-corrected chi connectivity index (χ1v) is 22.5. The summed E-state index contributed by atoms with van der Waals surface area (Å²) < 4.78 is 27.9. The third-order valence-electron chi connectivity index (χ3n) is 11.0. The molecular weight excluding hydrogens is 726 g/mol. The Hall–Kier alpha value is -3.65. The lowest BCUT2D eigenvalue weighted by Gasteiger charge is -2.27. The minimum absolute atomic E-state index is 0.00350. The fourth-order valence-electron chi connectivity index (χ4n) is 7.67. The van der Waals surface area contributed by atoms with E-state index in [0.717, 1.165) is 33.1 Å². The van der Waals surface area contributed by atoms with E-state index in [4.69, 9.17) is 17.7 Å². The van der Waals surface area contributed by atoms with E-state index in [1.807, 2.05) is 0 Å². The van der Waals surface area contributed by atoms with E-state index in [0.29, 0.717) is 13.2 Å². The van der Waals surface area contributed by atoms with E-state index >= 15 is 0 Å². The highest BCUT2D eigenvalue weighted by Crippen LogP contribution is 2.47. The first-order valence-electron chi connectivity index (χ1n) is 20.1. The van der Waals surface area contributed by atoms with Crippen LogP contribution in [0.1, 0.15) is 117 Å². The van der Waals surface area contributed by atoms with E-state index in [-0.39, 0.29) is 33.7 Å². The Bertz CT molecular complexity index is 2240. The Labute approximate surface area is 337 Å². The van der Waals surface area contributed by atoms with Gasteiger partial charge in [0, 0.05) is 27.8 Å². The molecule has 1 aromatic heterocycles. The third kappa shape index (κ3) is 8.33. The summed E-state index contributed by atoms with van der Waals surface area (Å²) in [5.41, 5.74) is 7.30. The monoisotopic (exact) mass is 786 g/mol. The molecule has 0 bridgehead atoms. The zero-order chi connectivity index (χ0) is 40.2. The second-order valence-electron chi connectivity index (χ2n) is 19.6. The molecule has 56 heavy (non-hydrogen) atoms. The summed E-state index contributed by atoms with van der Waals surface area (Å²) in [5.74, 6) is -0.00350. The molecule has 1 saturated heterocycles. The molecular formula is C50H60O4P2. The predicted octanol–water partition coefficient (Wildman–Crippen LogP) is 12.8. The van der Waals surface area contributed by atoms with E-state index in [2.05, 4.69) is 192 Å². The van der Waals surface area contributed by atoms with Crippen molar-refractivity contribution in [1.82, 2.24) is 0 Å². The van der Waals surface area contributed by atoms with E-state index in [9.17, 15) is 0 Å². The van der Waals surface area contributed by atoms with Crippen molar-refractivity contribution in [2.45, 2.75) is 117 Å². The van der Waals surface area contributed by atoms with Gasteiger partial charge in [-0.1, -0.05) is 180 Å². The van der Waals surface area contributed by atoms with Crippen LogP contribution in [0.25, 0.3) is 21.9 Å². The molecule has 0 N–H and O–H groups in total. The second kappa shape index (κ2) is 15.3. The van der Waals surface area contributed by atoms with Crippen molar-refractivity contribution < 1.29 is 17.7 Å². The largest absolute Gasteiger partial charge is 0.399 e. The Kier molecular flexibility index (Phi) is 11.1. The third-order valence-corrected chi connectivity index (χ3v) is 14.6. The van der Waals surface area contributed by atoms with Gasteiger partial charge >= 0.3 is 8.24 Å². The van der Waals surface area contributed by atoms with Crippen LogP contribution in [0.4, 0.5) is 0 Å². The van der Waals surface area contributed by atoms with Crippen LogP contribution >= 0.6 is 16.2 Å². The normalized spacial score (nSPS) is 16.9. The molecule has 0 aliphatic carbocycles. The lowest BCUT2D eigenvalue weighted by atomic mass is 9.77. The first kappa shape index (κ1) is 40.5. The maximum Gasteiger partial charge on any atom is 0.387 e. The molecule has 1 fully saturated rings. The van der Waals surface area contributed by atoms with Crippen LogP contribution in [0.2, 0.25) is 0 Å². The lowest BCUT2D eigenvalue weighted by Crippen LogP contribution is -2.29. The van der Waals surface area contributed by atoms with Crippen LogP contribution in [0.15, 0.2) is 118 Å². The van der Waals surface area contributed by atoms with Gasteiger partial charge in [0.25, 0.3) is 0 Å². The molecule has 1 aliphatic heterocycles. The van der Waals surface area contributed by atoms with Gasteiger partial charge < -0.3 is 13.1 Å². The molecule has 7 rings (SSSR count). The van der Waals surface area contributed by atoms with Gasteiger partial charge in [0.1, 0.15) is 17.3 Å². The Morgan fingerprint density at radius 3 is 1.43 bits per heavy atom. The highest BCUT2D eigenvalue weighted by Gasteiger charge is 2.36. The van der Waals surface area contributed by atoms with Crippen LogP contribution in [0.3, 0.4) is 0 Å². The summed E-state index contributed by atoms with van der Waals surface area (Å²) in [7, 11) is -2.71. The molecule has 0 spiro atoms. The lowest BCUT2D eigenvalue weighted by molar-refractivity contribution is 0.160. The molecule has 5 aromatic carbocycles. The zero-order valence-electron chi connectivity index (χ0n) is 35.5. The van der Waals surface area contributed by atoms with Gasteiger partial charge in [-0.05, 0) is 74.3 Å². The molecule has 294 valence electrons. The van der Waals surface area contributed by atoms with Crippen LogP contribution in [-0.4, -0.2) is 19.3 Å². The SMILES string of the molecule is CC(C)(C)c1cc(C(C)(C)C)c2op(OC3COCC3c3ccccc3P(c3ccccc3)c3ccccc3)oc3c(C(C)(C)C)cc(C(C)(C)C)cc3c2c1. The molecule has 2 heterocycles. The van der Waals surface area contributed by atoms with Crippen molar-refractivity contribution in [3.8, 4) is 0 Å². The van der Waals surface area contributed by atoms with Crippen molar-refractivity contribution in [3.05, 3.63) is 137 Å². The summed E-state index contributed by atoms with van der Waals surface area (Å²) in [4.78, 5) is 0. The fourth-order valence-corrected chi connectivity index (χ4v) is 11.4. The fraction of sp³-hybridized carbons (Fsp3) is 0.400. The number of fused-ring (bicyclic) bond motifs is 3. The summed E-state index contributed by atoms with van der Waals surface area (Å²) in [6.07, 6.45) is -0.269. The van der Waals surface area contributed by atoms with Gasteiger partial charge in [-0.3, -0.25) is 4.52 Å². The molecule has 0 amide bonds. The van der Waals surface area contributed by atoms with Gasteiger partial charge in [0.15, 0.2) is 0 Å². The number of rotatable bonds is 6. The van der Waals surface area contributed by atoms with Gasteiger partial charge in [-0.2, -0.15) is 0 Å². The van der Waals surface area contributed by atoms with E-state index < -0.39 is 16.2 Å².